The third-order valence-electron chi connectivity index (χ3n) is 6.59. The Labute approximate surface area is 261 Å². The normalized spacial score (nSPS) is 14.2. The molecule has 1 N–H and O–H groups in total. The van der Waals surface area contributed by atoms with Crippen molar-refractivity contribution in [3.8, 4) is 0 Å². The van der Waals surface area contributed by atoms with Crippen LogP contribution in [0.2, 0.25) is 0 Å². The van der Waals surface area contributed by atoms with Gasteiger partial charge < -0.3 is 14.4 Å². The van der Waals surface area contributed by atoms with Crippen molar-refractivity contribution in [2.24, 2.45) is 0 Å². The fourth-order valence-electron chi connectivity index (χ4n) is 4.06. The van der Waals surface area contributed by atoms with Crippen LogP contribution < -0.4 is 0 Å². The number of phosphoric ester groups is 1. The van der Waals surface area contributed by atoms with Crippen LogP contribution >= 0.6 is 7.82 Å². The summed E-state index contributed by atoms with van der Waals surface area (Å²) >= 11 is 0. The maximum Gasteiger partial charge on any atom is 0.472 e. The van der Waals surface area contributed by atoms with Crippen molar-refractivity contribution in [2.45, 2.75) is 136 Å². The Kier molecular flexibility index (Phi) is 28.7. The molecule has 43 heavy (non-hydrogen) atoms. The SMILES string of the molecule is CC/C=C\C/C=C\C/C=C\C/C=C\CCCCC(=O)OC(COC(=O)CCCCCCCCCCC)COP(=O)(O)OC. The van der Waals surface area contributed by atoms with E-state index in [1.807, 2.05) is 0 Å². The zero-order chi connectivity index (χ0) is 31.9. The lowest BCUT2D eigenvalue weighted by Crippen LogP contribution is -2.29. The van der Waals surface area contributed by atoms with Crippen molar-refractivity contribution < 1.29 is 37.6 Å². The summed E-state index contributed by atoms with van der Waals surface area (Å²) in [5.74, 6) is -0.861. The van der Waals surface area contributed by atoms with Crippen LogP contribution in [0.15, 0.2) is 48.6 Å². The Hall–Kier alpha value is -1.99. The third kappa shape index (κ3) is 29.8. The molecule has 0 fully saturated rings. The summed E-state index contributed by atoms with van der Waals surface area (Å²) < 4.78 is 31.6. The first-order valence-corrected chi connectivity index (χ1v) is 17.8. The lowest BCUT2D eigenvalue weighted by atomic mass is 10.1. The first-order chi connectivity index (χ1) is 20.8. The van der Waals surface area contributed by atoms with Crippen LogP contribution in [0, 0.1) is 0 Å². The summed E-state index contributed by atoms with van der Waals surface area (Å²) in [5, 5.41) is 0. The molecule has 0 radical (unpaired) electrons. The number of allylic oxidation sites excluding steroid dienone is 8. The molecule has 248 valence electrons. The van der Waals surface area contributed by atoms with Gasteiger partial charge in [0.15, 0.2) is 6.10 Å². The van der Waals surface area contributed by atoms with Crippen LogP contribution in [-0.2, 0) is 32.7 Å². The van der Waals surface area contributed by atoms with Gasteiger partial charge in [0.2, 0.25) is 0 Å². The van der Waals surface area contributed by atoms with E-state index < -0.39 is 26.5 Å². The summed E-state index contributed by atoms with van der Waals surface area (Å²) in [5.41, 5.74) is 0. The van der Waals surface area contributed by atoms with Crippen LogP contribution in [0.4, 0.5) is 0 Å². The van der Waals surface area contributed by atoms with E-state index in [-0.39, 0.29) is 25.4 Å². The zero-order valence-electron chi connectivity index (χ0n) is 27.1. The summed E-state index contributed by atoms with van der Waals surface area (Å²) in [7, 11) is -3.21. The van der Waals surface area contributed by atoms with Gasteiger partial charge in [-0.3, -0.25) is 18.6 Å². The molecule has 0 aliphatic heterocycles. The quantitative estimate of drug-likeness (QED) is 0.0378. The molecule has 9 heteroatoms. The van der Waals surface area contributed by atoms with E-state index in [1.165, 1.54) is 38.5 Å². The lowest BCUT2D eigenvalue weighted by molar-refractivity contribution is -0.161. The number of carbonyl (C=O) groups excluding carboxylic acids is 2. The van der Waals surface area contributed by atoms with E-state index in [9.17, 15) is 19.0 Å². The molecular formula is C34H59O8P. The number of phosphoric acid groups is 1. The second-order valence-electron chi connectivity index (χ2n) is 10.6. The van der Waals surface area contributed by atoms with Crippen molar-refractivity contribution in [1.29, 1.82) is 0 Å². The fraction of sp³-hybridized carbons (Fsp3) is 0.706. The molecule has 0 aromatic heterocycles. The Morgan fingerprint density at radius 2 is 1.19 bits per heavy atom. The van der Waals surface area contributed by atoms with E-state index in [1.54, 1.807) is 0 Å². The zero-order valence-corrected chi connectivity index (χ0v) is 28.0. The largest absolute Gasteiger partial charge is 0.472 e. The molecule has 0 rings (SSSR count). The van der Waals surface area contributed by atoms with E-state index in [2.05, 4.69) is 67.0 Å². The molecule has 0 heterocycles. The number of unbranched alkanes of at least 4 members (excludes halogenated alkanes) is 10. The van der Waals surface area contributed by atoms with Crippen molar-refractivity contribution in [3.63, 3.8) is 0 Å². The highest BCUT2D eigenvalue weighted by atomic mass is 31.2. The first kappa shape index (κ1) is 41.0. The predicted octanol–water partition coefficient (Wildman–Crippen LogP) is 9.49. The Morgan fingerprint density at radius 3 is 1.77 bits per heavy atom. The Bertz CT molecular complexity index is 849. The molecule has 0 amide bonds. The van der Waals surface area contributed by atoms with E-state index >= 15 is 0 Å². The van der Waals surface area contributed by atoms with Gasteiger partial charge >= 0.3 is 19.8 Å². The fourth-order valence-corrected chi connectivity index (χ4v) is 4.52. The van der Waals surface area contributed by atoms with Gasteiger partial charge in [-0.1, -0.05) is 114 Å². The van der Waals surface area contributed by atoms with Gasteiger partial charge in [-0.2, -0.15) is 0 Å². The third-order valence-corrected chi connectivity index (χ3v) is 7.52. The topological polar surface area (TPSA) is 108 Å². The van der Waals surface area contributed by atoms with Crippen molar-refractivity contribution in [3.05, 3.63) is 48.6 Å². The highest BCUT2D eigenvalue weighted by Gasteiger charge is 2.24. The minimum atomic E-state index is -4.26. The van der Waals surface area contributed by atoms with Crippen molar-refractivity contribution >= 4 is 19.8 Å². The molecule has 0 bridgehead atoms. The predicted molar refractivity (Wildman–Crippen MR) is 175 cm³/mol. The number of esters is 2. The van der Waals surface area contributed by atoms with Crippen LogP contribution in [0.1, 0.15) is 129 Å². The lowest BCUT2D eigenvalue weighted by Gasteiger charge is -2.19. The van der Waals surface area contributed by atoms with E-state index in [0.29, 0.717) is 6.42 Å². The van der Waals surface area contributed by atoms with Crippen molar-refractivity contribution in [1.82, 2.24) is 0 Å². The minimum absolute atomic E-state index is 0.192. The highest BCUT2D eigenvalue weighted by molar-refractivity contribution is 7.47. The molecule has 2 unspecified atom stereocenters. The number of carbonyl (C=O) groups is 2. The summed E-state index contributed by atoms with van der Waals surface area (Å²) in [6, 6.07) is 0. The van der Waals surface area contributed by atoms with Gasteiger partial charge in [-0.15, -0.1) is 0 Å². The monoisotopic (exact) mass is 626 g/mol. The average Bonchev–Trinajstić information content (AvgIpc) is 2.99. The van der Waals surface area contributed by atoms with Crippen LogP contribution in [0.25, 0.3) is 0 Å². The van der Waals surface area contributed by atoms with Gasteiger partial charge in [0.25, 0.3) is 0 Å². The molecule has 0 aliphatic rings. The maximum absolute atomic E-state index is 12.4. The summed E-state index contributed by atoms with van der Waals surface area (Å²) in [6.45, 7) is 3.68. The second-order valence-corrected chi connectivity index (χ2v) is 12.1. The van der Waals surface area contributed by atoms with Crippen LogP contribution in [-0.4, -0.2) is 43.3 Å². The molecule has 0 spiro atoms. The minimum Gasteiger partial charge on any atom is -0.462 e. The molecule has 0 saturated heterocycles. The summed E-state index contributed by atoms with van der Waals surface area (Å²) in [6.07, 6.45) is 33.2. The Morgan fingerprint density at radius 1 is 0.674 bits per heavy atom. The van der Waals surface area contributed by atoms with Crippen LogP contribution in [0.5, 0.6) is 0 Å². The summed E-state index contributed by atoms with van der Waals surface area (Å²) in [4.78, 5) is 34.1. The molecule has 0 aliphatic carbocycles. The standard InChI is InChI=1S/C34H59O8P/c1-4-6-8-10-12-14-15-16-17-18-19-21-23-25-27-29-34(36)42-32(31-41-43(37,38)39-3)30-40-33(35)28-26-24-22-20-13-11-9-7-5-2/h6,8,12,14,16-17,19,21,32H,4-5,7,9-11,13,15,18,20,22-31H2,1-3H3,(H,37,38)/b8-6-,14-12-,17-16-,21-19-. The maximum atomic E-state index is 12.4. The van der Waals surface area contributed by atoms with Gasteiger partial charge in [0.05, 0.1) is 6.61 Å². The van der Waals surface area contributed by atoms with Crippen molar-refractivity contribution in [2.75, 3.05) is 20.3 Å². The van der Waals surface area contributed by atoms with Crippen LogP contribution in [0.3, 0.4) is 0 Å². The van der Waals surface area contributed by atoms with E-state index in [4.69, 9.17) is 14.0 Å². The molecule has 8 nitrogen and oxygen atoms in total. The number of hydrogen-bond donors (Lipinski definition) is 1. The smallest absolute Gasteiger partial charge is 0.462 e. The number of ether oxygens (including phenoxy) is 2. The molecule has 0 aromatic rings. The highest BCUT2D eigenvalue weighted by Crippen LogP contribution is 2.42. The number of hydrogen-bond acceptors (Lipinski definition) is 7. The molecular weight excluding hydrogens is 567 g/mol. The first-order valence-electron chi connectivity index (χ1n) is 16.3. The average molecular weight is 627 g/mol. The van der Waals surface area contributed by atoms with Gasteiger partial charge in [0, 0.05) is 20.0 Å². The van der Waals surface area contributed by atoms with Gasteiger partial charge in [-0.25, -0.2) is 4.57 Å². The molecule has 0 aromatic carbocycles. The van der Waals surface area contributed by atoms with Gasteiger partial charge in [0.1, 0.15) is 6.61 Å². The second kappa shape index (κ2) is 30.1. The van der Waals surface area contributed by atoms with E-state index in [0.717, 1.165) is 64.9 Å². The Balaban J connectivity index is 4.23. The number of rotatable bonds is 29. The molecule has 2 atom stereocenters. The molecule has 0 saturated carbocycles. The van der Waals surface area contributed by atoms with Gasteiger partial charge in [-0.05, 0) is 51.4 Å².